The lowest BCUT2D eigenvalue weighted by Gasteiger charge is -2.10. The smallest absolute Gasteiger partial charge is 0.184 e. The average molecular weight is 271 g/mol. The van der Waals surface area contributed by atoms with Crippen LogP contribution < -0.4 is 4.74 Å². The minimum Gasteiger partial charge on any atom is -0.454 e. The summed E-state index contributed by atoms with van der Waals surface area (Å²) in [6.45, 7) is -0.407. The zero-order chi connectivity index (χ0) is 13.1. The number of hydrogen-bond donors (Lipinski definition) is 1. The van der Waals surface area contributed by atoms with Gasteiger partial charge in [0.1, 0.15) is 11.6 Å². The lowest BCUT2D eigenvalue weighted by atomic mass is 10.2. The maximum absolute atomic E-state index is 13.6. The molecule has 0 heterocycles. The molecule has 2 rings (SSSR count). The van der Waals surface area contributed by atoms with E-state index in [0.717, 1.165) is 12.1 Å². The standard InChI is InChI=1S/C13H9ClF2O2/c14-10-2-1-3-12(13(10)16)18-11-5-4-9(15)6-8(11)7-17/h1-6,17H,7H2. The predicted molar refractivity (Wildman–Crippen MR) is 63.8 cm³/mol. The predicted octanol–water partition coefficient (Wildman–Crippen LogP) is 3.90. The summed E-state index contributed by atoms with van der Waals surface area (Å²) in [6.07, 6.45) is 0. The van der Waals surface area contributed by atoms with Gasteiger partial charge in [-0.1, -0.05) is 17.7 Å². The fourth-order valence-electron chi connectivity index (χ4n) is 1.45. The number of aliphatic hydroxyl groups excluding tert-OH is 1. The summed E-state index contributed by atoms with van der Waals surface area (Å²) in [5, 5.41) is 9.01. The first-order valence-corrected chi connectivity index (χ1v) is 5.50. The molecule has 0 saturated carbocycles. The van der Waals surface area contributed by atoms with Gasteiger partial charge in [-0.05, 0) is 30.3 Å². The van der Waals surface area contributed by atoms with Crippen molar-refractivity contribution in [2.75, 3.05) is 0 Å². The second-order valence-electron chi connectivity index (χ2n) is 3.56. The molecule has 0 aromatic heterocycles. The Morgan fingerprint density at radius 1 is 1.11 bits per heavy atom. The highest BCUT2D eigenvalue weighted by Crippen LogP contribution is 2.30. The molecule has 18 heavy (non-hydrogen) atoms. The largest absolute Gasteiger partial charge is 0.454 e. The quantitative estimate of drug-likeness (QED) is 0.916. The summed E-state index contributed by atoms with van der Waals surface area (Å²) < 4.78 is 31.8. The second-order valence-corrected chi connectivity index (χ2v) is 3.97. The minimum atomic E-state index is -0.701. The van der Waals surface area contributed by atoms with Gasteiger partial charge in [0.25, 0.3) is 0 Å². The van der Waals surface area contributed by atoms with Crippen molar-refractivity contribution in [3.8, 4) is 11.5 Å². The molecule has 0 fully saturated rings. The highest BCUT2D eigenvalue weighted by molar-refractivity contribution is 6.30. The number of benzene rings is 2. The molecule has 0 atom stereocenters. The molecule has 0 saturated heterocycles. The van der Waals surface area contributed by atoms with Crippen molar-refractivity contribution in [1.82, 2.24) is 0 Å². The van der Waals surface area contributed by atoms with E-state index in [-0.39, 0.29) is 22.1 Å². The Balaban J connectivity index is 2.37. The Bertz CT molecular complexity index is 573. The number of hydrogen-bond acceptors (Lipinski definition) is 2. The molecule has 0 radical (unpaired) electrons. The van der Waals surface area contributed by atoms with Crippen molar-refractivity contribution in [2.24, 2.45) is 0 Å². The van der Waals surface area contributed by atoms with Crippen LogP contribution in [0.25, 0.3) is 0 Å². The monoisotopic (exact) mass is 270 g/mol. The summed E-state index contributed by atoms with van der Waals surface area (Å²) >= 11 is 5.61. The van der Waals surface area contributed by atoms with E-state index >= 15 is 0 Å². The maximum Gasteiger partial charge on any atom is 0.184 e. The van der Waals surface area contributed by atoms with Crippen molar-refractivity contribution >= 4 is 11.6 Å². The lowest BCUT2D eigenvalue weighted by molar-refractivity contribution is 0.275. The van der Waals surface area contributed by atoms with Gasteiger partial charge in [0.2, 0.25) is 0 Å². The van der Waals surface area contributed by atoms with Gasteiger partial charge in [0.05, 0.1) is 11.6 Å². The zero-order valence-corrected chi connectivity index (χ0v) is 9.92. The van der Waals surface area contributed by atoms with Crippen LogP contribution in [0.4, 0.5) is 8.78 Å². The average Bonchev–Trinajstić information content (AvgIpc) is 2.37. The molecule has 0 unspecified atom stereocenters. The van der Waals surface area contributed by atoms with Gasteiger partial charge in [0, 0.05) is 5.56 Å². The molecular weight excluding hydrogens is 262 g/mol. The summed E-state index contributed by atoms with van der Waals surface area (Å²) in [7, 11) is 0. The van der Waals surface area contributed by atoms with Crippen LogP contribution in [0.1, 0.15) is 5.56 Å². The van der Waals surface area contributed by atoms with E-state index in [1.807, 2.05) is 0 Å². The van der Waals surface area contributed by atoms with E-state index < -0.39 is 18.2 Å². The molecule has 2 nitrogen and oxygen atoms in total. The van der Waals surface area contributed by atoms with E-state index in [2.05, 4.69) is 0 Å². The third-order valence-electron chi connectivity index (χ3n) is 2.33. The molecule has 0 aliphatic heterocycles. The van der Waals surface area contributed by atoms with E-state index in [4.69, 9.17) is 21.4 Å². The maximum atomic E-state index is 13.6. The summed E-state index contributed by atoms with van der Waals surface area (Å²) in [6, 6.07) is 7.92. The van der Waals surface area contributed by atoms with Crippen LogP contribution in [0, 0.1) is 11.6 Å². The number of rotatable bonds is 3. The van der Waals surface area contributed by atoms with Gasteiger partial charge in [-0.25, -0.2) is 8.78 Å². The van der Waals surface area contributed by atoms with Crippen molar-refractivity contribution in [2.45, 2.75) is 6.61 Å². The Kier molecular flexibility index (Phi) is 3.79. The van der Waals surface area contributed by atoms with Crippen LogP contribution in [0.2, 0.25) is 5.02 Å². The van der Waals surface area contributed by atoms with E-state index in [9.17, 15) is 8.78 Å². The Labute approximate surface area is 107 Å². The number of ether oxygens (including phenoxy) is 1. The Morgan fingerprint density at radius 2 is 1.89 bits per heavy atom. The molecule has 2 aromatic rings. The third-order valence-corrected chi connectivity index (χ3v) is 2.62. The molecule has 0 spiro atoms. The topological polar surface area (TPSA) is 29.5 Å². The lowest BCUT2D eigenvalue weighted by Crippen LogP contribution is -1.95. The first-order chi connectivity index (χ1) is 8.61. The van der Waals surface area contributed by atoms with Crippen LogP contribution >= 0.6 is 11.6 Å². The Hall–Kier alpha value is -1.65. The fraction of sp³-hybridized carbons (Fsp3) is 0.0769. The molecule has 0 aliphatic rings. The number of halogens is 3. The SMILES string of the molecule is OCc1cc(F)ccc1Oc1cccc(Cl)c1F. The van der Waals surface area contributed by atoms with Gasteiger partial charge >= 0.3 is 0 Å². The summed E-state index contributed by atoms with van der Waals surface area (Å²) in [5.74, 6) is -1.10. The molecule has 1 N–H and O–H groups in total. The van der Waals surface area contributed by atoms with Crippen molar-refractivity contribution in [3.05, 3.63) is 58.6 Å². The van der Waals surface area contributed by atoms with Gasteiger partial charge in [-0.3, -0.25) is 0 Å². The van der Waals surface area contributed by atoms with E-state index in [1.165, 1.54) is 24.3 Å². The fourth-order valence-corrected chi connectivity index (χ4v) is 1.62. The van der Waals surface area contributed by atoms with Gasteiger partial charge in [-0.2, -0.15) is 0 Å². The molecular formula is C13H9ClF2O2. The molecule has 94 valence electrons. The molecule has 0 aliphatic carbocycles. The van der Waals surface area contributed by atoms with Crippen LogP contribution in [0.15, 0.2) is 36.4 Å². The van der Waals surface area contributed by atoms with Gasteiger partial charge in [-0.15, -0.1) is 0 Å². The highest BCUT2D eigenvalue weighted by Gasteiger charge is 2.11. The van der Waals surface area contributed by atoms with Crippen molar-refractivity contribution < 1.29 is 18.6 Å². The molecule has 2 aromatic carbocycles. The second kappa shape index (κ2) is 5.33. The van der Waals surface area contributed by atoms with E-state index in [0.29, 0.717) is 0 Å². The van der Waals surface area contributed by atoms with Crippen molar-refractivity contribution in [3.63, 3.8) is 0 Å². The first-order valence-electron chi connectivity index (χ1n) is 5.13. The molecule has 5 heteroatoms. The summed E-state index contributed by atoms with van der Waals surface area (Å²) in [4.78, 5) is 0. The molecule has 0 bridgehead atoms. The van der Waals surface area contributed by atoms with Crippen LogP contribution in [-0.2, 0) is 6.61 Å². The van der Waals surface area contributed by atoms with Crippen LogP contribution in [0.5, 0.6) is 11.5 Å². The van der Waals surface area contributed by atoms with Crippen molar-refractivity contribution in [1.29, 1.82) is 0 Å². The van der Waals surface area contributed by atoms with Crippen LogP contribution in [0.3, 0.4) is 0 Å². The Morgan fingerprint density at radius 3 is 2.61 bits per heavy atom. The first kappa shape index (κ1) is 12.8. The molecule has 0 amide bonds. The van der Waals surface area contributed by atoms with E-state index in [1.54, 1.807) is 0 Å². The van der Waals surface area contributed by atoms with Crippen LogP contribution in [-0.4, -0.2) is 5.11 Å². The van der Waals surface area contributed by atoms with Gasteiger partial charge in [0.15, 0.2) is 11.6 Å². The highest BCUT2D eigenvalue weighted by atomic mass is 35.5. The minimum absolute atomic E-state index is 0.0693. The number of aliphatic hydroxyl groups is 1. The summed E-state index contributed by atoms with van der Waals surface area (Å²) in [5.41, 5.74) is 0.231. The van der Waals surface area contributed by atoms with Gasteiger partial charge < -0.3 is 9.84 Å². The third kappa shape index (κ3) is 2.60. The zero-order valence-electron chi connectivity index (χ0n) is 9.16. The normalized spacial score (nSPS) is 10.4.